The van der Waals surface area contributed by atoms with Crippen molar-refractivity contribution in [3.05, 3.63) is 35.6 Å². The third-order valence-corrected chi connectivity index (χ3v) is 3.61. The maximum Gasteiger partial charge on any atom is 0.317 e. The van der Waals surface area contributed by atoms with Crippen molar-refractivity contribution >= 4 is 6.03 Å². The Balaban J connectivity index is 1.86. The molecule has 0 radical (unpaired) electrons. The summed E-state index contributed by atoms with van der Waals surface area (Å²) in [6, 6.07) is 5.47. The molecule has 7 heteroatoms. The Morgan fingerprint density at radius 3 is 2.68 bits per heavy atom. The summed E-state index contributed by atoms with van der Waals surface area (Å²) >= 11 is 0. The summed E-state index contributed by atoms with van der Waals surface area (Å²) in [5.41, 5.74) is 0.934. The zero-order chi connectivity index (χ0) is 16.1. The average Bonchev–Trinajstić information content (AvgIpc) is 3.23. The summed E-state index contributed by atoms with van der Waals surface area (Å²) in [4.78, 5) is 13.1. The second kappa shape index (κ2) is 7.49. The van der Waals surface area contributed by atoms with E-state index in [1.807, 2.05) is 0 Å². The highest BCUT2D eigenvalue weighted by Gasteiger charge is 2.40. The molecule has 2 amide bonds. The number of urea groups is 1. The van der Waals surface area contributed by atoms with Crippen LogP contribution in [0.15, 0.2) is 24.3 Å². The van der Waals surface area contributed by atoms with Crippen LogP contribution in [0.25, 0.3) is 0 Å². The number of nitrogens with zero attached hydrogens (tertiary/aromatic N) is 1. The van der Waals surface area contributed by atoms with E-state index in [-0.39, 0.29) is 30.9 Å². The fourth-order valence-corrected chi connectivity index (χ4v) is 2.33. The number of nitrogens with one attached hydrogen (secondary N) is 1. The summed E-state index contributed by atoms with van der Waals surface area (Å²) in [5.74, 6) is -0.201. The third-order valence-electron chi connectivity index (χ3n) is 3.61. The molecule has 1 aromatic rings. The van der Waals surface area contributed by atoms with E-state index in [0.717, 1.165) is 16.9 Å². The molecule has 0 unspecified atom stereocenters. The Kier molecular flexibility index (Phi) is 5.65. The largest absolute Gasteiger partial charge is 0.383 e. The quantitative estimate of drug-likeness (QED) is 0.840. The van der Waals surface area contributed by atoms with Gasteiger partial charge in [-0.25, -0.2) is 18.0 Å². The van der Waals surface area contributed by atoms with Gasteiger partial charge in [-0.2, -0.15) is 0 Å². The van der Waals surface area contributed by atoms with E-state index >= 15 is 0 Å². The first-order chi connectivity index (χ1) is 10.5. The highest BCUT2D eigenvalue weighted by molar-refractivity contribution is 5.75. The Bertz CT molecular complexity index is 496. The summed E-state index contributed by atoms with van der Waals surface area (Å²) in [6.07, 6.45) is -1.86. The Hall–Kier alpha value is -1.76. The van der Waals surface area contributed by atoms with Gasteiger partial charge in [0, 0.05) is 25.6 Å². The number of hydrogen-bond donors (Lipinski definition) is 1. The molecule has 0 spiro atoms. The van der Waals surface area contributed by atoms with Gasteiger partial charge in [0.2, 0.25) is 0 Å². The maximum absolute atomic E-state index is 12.9. The Morgan fingerprint density at radius 1 is 1.41 bits per heavy atom. The molecule has 1 aliphatic rings. The van der Waals surface area contributed by atoms with Crippen LogP contribution < -0.4 is 5.32 Å². The summed E-state index contributed by atoms with van der Waals surface area (Å²) in [7, 11) is 1.45. The summed E-state index contributed by atoms with van der Waals surface area (Å²) in [6.45, 7) is -0.310. The van der Waals surface area contributed by atoms with Crippen LogP contribution in [0.1, 0.15) is 17.9 Å². The Labute approximate surface area is 127 Å². The number of halogens is 3. The first kappa shape index (κ1) is 16.6. The van der Waals surface area contributed by atoms with Gasteiger partial charge in [-0.15, -0.1) is 0 Å². The molecule has 0 aromatic heterocycles. The normalized spacial score (nSPS) is 20.0. The second-order valence-electron chi connectivity index (χ2n) is 5.28. The number of benzene rings is 1. The van der Waals surface area contributed by atoms with Gasteiger partial charge >= 0.3 is 6.03 Å². The first-order valence-corrected chi connectivity index (χ1v) is 7.09. The van der Waals surface area contributed by atoms with E-state index in [1.54, 1.807) is 12.1 Å². The van der Waals surface area contributed by atoms with E-state index in [9.17, 15) is 18.0 Å². The number of ether oxygens (including phenoxy) is 1. The standard InChI is InChI=1S/C15H19F3N2O2/c1-22-7-6-20(9-14(17)18)15(21)19-13-8-12(13)10-2-4-11(16)5-3-10/h2-5,12-14H,6-9H2,1H3,(H,19,21)/t12-,13+/m0/s1. The fourth-order valence-electron chi connectivity index (χ4n) is 2.33. The topological polar surface area (TPSA) is 41.6 Å². The molecule has 1 aromatic carbocycles. The average molecular weight is 316 g/mol. The molecule has 1 aliphatic carbocycles. The van der Waals surface area contributed by atoms with E-state index in [0.29, 0.717) is 0 Å². The number of amides is 2. The zero-order valence-corrected chi connectivity index (χ0v) is 12.3. The lowest BCUT2D eigenvalue weighted by Crippen LogP contribution is -2.45. The van der Waals surface area contributed by atoms with Gasteiger partial charge in [-0.1, -0.05) is 12.1 Å². The number of hydrogen-bond acceptors (Lipinski definition) is 2. The van der Waals surface area contributed by atoms with Crippen molar-refractivity contribution in [1.29, 1.82) is 0 Å². The van der Waals surface area contributed by atoms with Crippen LogP contribution in [0.2, 0.25) is 0 Å². The van der Waals surface area contributed by atoms with Crippen molar-refractivity contribution in [3.8, 4) is 0 Å². The van der Waals surface area contributed by atoms with Crippen LogP contribution in [-0.4, -0.2) is 50.2 Å². The molecule has 0 heterocycles. The molecule has 0 bridgehead atoms. The van der Waals surface area contributed by atoms with Crippen molar-refractivity contribution in [2.45, 2.75) is 24.8 Å². The highest BCUT2D eigenvalue weighted by Crippen LogP contribution is 2.40. The Morgan fingerprint density at radius 2 is 2.09 bits per heavy atom. The van der Waals surface area contributed by atoms with Crippen LogP contribution in [0.5, 0.6) is 0 Å². The van der Waals surface area contributed by atoms with E-state index in [2.05, 4.69) is 5.32 Å². The molecular weight excluding hydrogens is 297 g/mol. The number of alkyl halides is 2. The SMILES string of the molecule is COCCN(CC(F)F)C(=O)N[C@@H]1C[C@H]1c1ccc(F)cc1. The van der Waals surface area contributed by atoms with Crippen molar-refractivity contribution in [1.82, 2.24) is 10.2 Å². The summed E-state index contributed by atoms with van der Waals surface area (Å²) < 4.78 is 42.7. The van der Waals surface area contributed by atoms with E-state index in [1.165, 1.54) is 19.2 Å². The van der Waals surface area contributed by atoms with Crippen molar-refractivity contribution < 1.29 is 22.7 Å². The molecule has 122 valence electrons. The minimum Gasteiger partial charge on any atom is -0.383 e. The molecular formula is C15H19F3N2O2. The van der Waals surface area contributed by atoms with Crippen LogP contribution in [0.4, 0.5) is 18.0 Å². The number of carbonyl (C=O) groups is 1. The number of rotatable bonds is 7. The van der Waals surface area contributed by atoms with Crippen LogP contribution in [-0.2, 0) is 4.74 Å². The maximum atomic E-state index is 12.9. The van der Waals surface area contributed by atoms with Gasteiger partial charge in [0.15, 0.2) is 0 Å². The minimum absolute atomic E-state index is 0.0966. The minimum atomic E-state index is -2.59. The monoisotopic (exact) mass is 316 g/mol. The molecule has 4 nitrogen and oxygen atoms in total. The molecule has 1 N–H and O–H groups in total. The first-order valence-electron chi connectivity index (χ1n) is 7.09. The molecule has 0 aliphatic heterocycles. The van der Waals surface area contributed by atoms with Crippen molar-refractivity contribution in [2.75, 3.05) is 26.8 Å². The van der Waals surface area contributed by atoms with Gasteiger partial charge in [0.25, 0.3) is 6.43 Å². The highest BCUT2D eigenvalue weighted by atomic mass is 19.3. The predicted molar refractivity (Wildman–Crippen MR) is 75.5 cm³/mol. The van der Waals surface area contributed by atoms with Crippen LogP contribution >= 0.6 is 0 Å². The molecule has 0 saturated heterocycles. The van der Waals surface area contributed by atoms with Gasteiger partial charge in [0.05, 0.1) is 13.2 Å². The zero-order valence-electron chi connectivity index (χ0n) is 12.3. The molecule has 2 rings (SSSR count). The van der Waals surface area contributed by atoms with Gasteiger partial charge in [0.1, 0.15) is 5.82 Å². The molecule has 2 atom stereocenters. The van der Waals surface area contributed by atoms with Crippen molar-refractivity contribution in [2.24, 2.45) is 0 Å². The van der Waals surface area contributed by atoms with Crippen molar-refractivity contribution in [3.63, 3.8) is 0 Å². The number of carbonyl (C=O) groups excluding carboxylic acids is 1. The molecule has 22 heavy (non-hydrogen) atoms. The van der Waals surface area contributed by atoms with E-state index in [4.69, 9.17) is 4.74 Å². The van der Waals surface area contributed by atoms with E-state index < -0.39 is 19.0 Å². The predicted octanol–water partition coefficient (Wildman–Crippen LogP) is 2.60. The fraction of sp³-hybridized carbons (Fsp3) is 0.533. The molecule has 1 saturated carbocycles. The van der Waals surface area contributed by atoms with Crippen LogP contribution in [0.3, 0.4) is 0 Å². The van der Waals surface area contributed by atoms with Gasteiger partial charge < -0.3 is 15.0 Å². The smallest absolute Gasteiger partial charge is 0.317 e. The lowest BCUT2D eigenvalue weighted by molar-refractivity contribution is 0.0833. The second-order valence-corrected chi connectivity index (χ2v) is 5.28. The summed E-state index contributed by atoms with van der Waals surface area (Å²) in [5, 5.41) is 2.74. The third kappa shape index (κ3) is 4.62. The lowest BCUT2D eigenvalue weighted by atomic mass is 10.1. The molecule has 1 fully saturated rings. The lowest BCUT2D eigenvalue weighted by Gasteiger charge is -2.22. The van der Waals surface area contributed by atoms with Gasteiger partial charge in [-0.05, 0) is 24.1 Å². The number of methoxy groups -OCH3 is 1. The van der Waals surface area contributed by atoms with Crippen LogP contribution in [0, 0.1) is 5.82 Å². The van der Waals surface area contributed by atoms with Gasteiger partial charge in [-0.3, -0.25) is 0 Å².